The van der Waals surface area contributed by atoms with Gasteiger partial charge in [-0.25, -0.2) is 4.98 Å². The number of aryl methyl sites for hydroxylation is 1. The van der Waals surface area contributed by atoms with Crippen LogP contribution in [-0.2, 0) is 15.8 Å². The quantitative estimate of drug-likeness (QED) is 0.396. The van der Waals surface area contributed by atoms with Crippen molar-refractivity contribution in [3.63, 3.8) is 0 Å². The van der Waals surface area contributed by atoms with Crippen LogP contribution in [0.25, 0.3) is 11.0 Å². The predicted octanol–water partition coefficient (Wildman–Crippen LogP) is 5.54. The van der Waals surface area contributed by atoms with Crippen molar-refractivity contribution in [3.05, 3.63) is 23.8 Å². The van der Waals surface area contributed by atoms with Crippen molar-refractivity contribution in [3.8, 4) is 0 Å². The molecule has 0 bridgehead atoms. The van der Waals surface area contributed by atoms with Gasteiger partial charge in [0.05, 0.1) is 17.0 Å². The molecule has 0 radical (unpaired) electrons. The largest absolute Gasteiger partial charge is 0.416 e. The van der Waals surface area contributed by atoms with Gasteiger partial charge in [0.25, 0.3) is 0 Å². The van der Waals surface area contributed by atoms with Crippen LogP contribution < -0.4 is 5.73 Å². The average molecular weight is 459 g/mol. The number of nitrogen functional groups attached to an aromatic ring is 1. The maximum Gasteiger partial charge on any atom is 0.229 e. The first-order valence-electron chi connectivity index (χ1n) is 12.2. The molecule has 7 heteroatoms. The van der Waals surface area contributed by atoms with E-state index >= 15 is 0 Å². The predicted molar refractivity (Wildman–Crippen MR) is 135 cm³/mol. The molecule has 1 saturated heterocycles. The van der Waals surface area contributed by atoms with E-state index in [0.717, 1.165) is 55.6 Å². The molecule has 1 atom stereocenters. The molecule has 1 aliphatic rings. The Labute approximate surface area is 194 Å². The number of rotatable bonds is 9. The van der Waals surface area contributed by atoms with E-state index in [0.29, 0.717) is 22.6 Å². The lowest BCUT2D eigenvalue weighted by atomic mass is 9.90. The fraction of sp³-hybridized carbons (Fsp3) is 0.680. The minimum atomic E-state index is -1.85. The Morgan fingerprint density at radius 3 is 2.44 bits per heavy atom. The smallest absolute Gasteiger partial charge is 0.229 e. The Morgan fingerprint density at radius 2 is 1.81 bits per heavy atom. The normalized spacial score (nSPS) is 18.0. The summed E-state index contributed by atoms with van der Waals surface area (Å²) in [6, 6.07) is 6.20. The van der Waals surface area contributed by atoms with Gasteiger partial charge in [0.2, 0.25) is 11.9 Å². The number of nitrogens with zero attached hydrogens (tertiary/aromatic N) is 3. The molecule has 3 rings (SSSR count). The maximum absolute atomic E-state index is 12.6. The SMILES string of the molecule is CC(C)[Si](OCCCn1c(N)nc2cc(C3CCCN(C)C3=O)ccc21)(C(C)C)C(C)C. The number of anilines is 1. The lowest BCUT2D eigenvalue weighted by Crippen LogP contribution is -2.48. The number of fused-ring (bicyclic) bond motifs is 1. The minimum absolute atomic E-state index is 0.0703. The van der Waals surface area contributed by atoms with Crippen LogP contribution in [-0.4, -0.2) is 48.9 Å². The summed E-state index contributed by atoms with van der Waals surface area (Å²) in [6.07, 6.45) is 2.84. The number of piperidine rings is 1. The molecule has 1 aliphatic heterocycles. The third-order valence-electron chi connectivity index (χ3n) is 7.45. The Hall–Kier alpha value is -1.86. The van der Waals surface area contributed by atoms with Crippen LogP contribution in [0.4, 0.5) is 5.95 Å². The highest BCUT2D eigenvalue weighted by Crippen LogP contribution is 2.42. The fourth-order valence-electron chi connectivity index (χ4n) is 5.93. The molecule has 0 aliphatic carbocycles. The lowest BCUT2D eigenvalue weighted by Gasteiger charge is -2.42. The van der Waals surface area contributed by atoms with Crippen LogP contribution in [0.3, 0.4) is 0 Å². The first-order valence-corrected chi connectivity index (χ1v) is 14.4. The van der Waals surface area contributed by atoms with E-state index in [4.69, 9.17) is 10.2 Å². The van der Waals surface area contributed by atoms with Gasteiger partial charge in [-0.15, -0.1) is 0 Å². The first-order chi connectivity index (χ1) is 15.1. The number of hydrogen-bond acceptors (Lipinski definition) is 4. The van der Waals surface area contributed by atoms with E-state index in [9.17, 15) is 4.79 Å². The number of carbonyl (C=O) groups excluding carboxylic acids is 1. The van der Waals surface area contributed by atoms with Crippen LogP contribution in [0, 0.1) is 0 Å². The second kappa shape index (κ2) is 9.95. The van der Waals surface area contributed by atoms with Crippen molar-refractivity contribution in [1.29, 1.82) is 0 Å². The number of hydrogen-bond donors (Lipinski definition) is 1. The fourth-order valence-corrected chi connectivity index (χ4v) is 11.4. The number of likely N-dealkylation sites (N-methyl/N-ethyl adjacent to an activating group) is 1. The summed E-state index contributed by atoms with van der Waals surface area (Å²) in [5.41, 5.74) is 11.0. The van der Waals surface area contributed by atoms with Gasteiger partial charge >= 0.3 is 0 Å². The second-order valence-electron chi connectivity index (χ2n) is 10.3. The summed E-state index contributed by atoms with van der Waals surface area (Å²) in [4.78, 5) is 19.0. The molecular formula is C25H42N4O2Si. The third-order valence-corrected chi connectivity index (χ3v) is 13.6. The van der Waals surface area contributed by atoms with Gasteiger partial charge in [-0.1, -0.05) is 47.6 Å². The topological polar surface area (TPSA) is 73.4 Å². The minimum Gasteiger partial charge on any atom is -0.416 e. The lowest BCUT2D eigenvalue weighted by molar-refractivity contribution is -0.133. The first kappa shape index (κ1) is 24.8. The zero-order valence-corrected chi connectivity index (χ0v) is 22.0. The van der Waals surface area contributed by atoms with Crippen molar-refractivity contribution < 1.29 is 9.22 Å². The van der Waals surface area contributed by atoms with Crippen LogP contribution in [0.2, 0.25) is 16.6 Å². The number of likely N-dealkylation sites (tertiary alicyclic amines) is 1. The average Bonchev–Trinajstić information content (AvgIpc) is 3.03. The van der Waals surface area contributed by atoms with Gasteiger partial charge in [0.1, 0.15) is 0 Å². The van der Waals surface area contributed by atoms with Gasteiger partial charge in [-0.3, -0.25) is 4.79 Å². The van der Waals surface area contributed by atoms with Gasteiger partial charge in [0.15, 0.2) is 8.32 Å². The zero-order chi connectivity index (χ0) is 23.6. The molecule has 1 aromatic carbocycles. The van der Waals surface area contributed by atoms with E-state index in [1.165, 1.54) is 0 Å². The molecule has 1 aromatic heterocycles. The Bertz CT molecular complexity index is 916. The van der Waals surface area contributed by atoms with Crippen LogP contribution in [0.15, 0.2) is 18.2 Å². The molecule has 2 N–H and O–H groups in total. The molecule has 6 nitrogen and oxygen atoms in total. The van der Waals surface area contributed by atoms with E-state index in [-0.39, 0.29) is 11.8 Å². The van der Waals surface area contributed by atoms with Gasteiger partial charge in [-0.2, -0.15) is 0 Å². The third kappa shape index (κ3) is 4.60. The summed E-state index contributed by atoms with van der Waals surface area (Å²) in [6.45, 7) is 16.3. The molecule has 32 heavy (non-hydrogen) atoms. The number of benzene rings is 1. The van der Waals surface area contributed by atoms with Crippen LogP contribution >= 0.6 is 0 Å². The summed E-state index contributed by atoms with van der Waals surface area (Å²) < 4.78 is 8.79. The monoisotopic (exact) mass is 458 g/mol. The van der Waals surface area contributed by atoms with Crippen molar-refractivity contribution in [1.82, 2.24) is 14.5 Å². The Kier molecular flexibility index (Phi) is 7.71. The molecule has 1 fully saturated rings. The van der Waals surface area contributed by atoms with Gasteiger partial charge in [0, 0.05) is 26.7 Å². The molecule has 1 amide bonds. The summed E-state index contributed by atoms with van der Waals surface area (Å²) >= 11 is 0. The summed E-state index contributed by atoms with van der Waals surface area (Å²) in [7, 11) is 0.0382. The number of imidazole rings is 1. The summed E-state index contributed by atoms with van der Waals surface area (Å²) in [5, 5.41) is 0. The van der Waals surface area contributed by atoms with Crippen molar-refractivity contribution in [2.24, 2.45) is 0 Å². The molecule has 178 valence electrons. The van der Waals surface area contributed by atoms with E-state index in [2.05, 4.69) is 69.3 Å². The number of amides is 1. The highest BCUT2D eigenvalue weighted by molar-refractivity contribution is 6.77. The molecule has 2 heterocycles. The number of aromatic nitrogens is 2. The second-order valence-corrected chi connectivity index (χ2v) is 15.8. The summed E-state index contributed by atoms with van der Waals surface area (Å²) in [5.74, 6) is 0.664. The molecular weight excluding hydrogens is 416 g/mol. The van der Waals surface area contributed by atoms with E-state index < -0.39 is 8.32 Å². The van der Waals surface area contributed by atoms with Crippen LogP contribution in [0.1, 0.15) is 72.3 Å². The van der Waals surface area contributed by atoms with Gasteiger partial charge < -0.3 is 19.6 Å². The van der Waals surface area contributed by atoms with E-state index in [1.807, 2.05) is 11.9 Å². The standard InChI is InChI=1S/C25H42N4O2Si/c1-17(2)32(18(3)4,19(5)6)31-15-9-14-29-23-12-11-20(16-22(23)27-25(29)26)21-10-8-13-28(7)24(21)30/h11-12,16-19,21H,8-10,13-15H2,1-7H3,(H2,26,27). The number of nitrogens with two attached hydrogens (primary N) is 1. The van der Waals surface area contributed by atoms with Crippen molar-refractivity contribution in [2.45, 2.75) is 89.9 Å². The Morgan fingerprint density at radius 1 is 1.16 bits per heavy atom. The highest BCUT2D eigenvalue weighted by Gasteiger charge is 2.44. The molecule has 0 spiro atoms. The maximum atomic E-state index is 12.6. The molecule has 0 saturated carbocycles. The highest BCUT2D eigenvalue weighted by atomic mass is 28.4. The molecule has 2 aromatic rings. The zero-order valence-electron chi connectivity index (χ0n) is 21.0. The van der Waals surface area contributed by atoms with Crippen LogP contribution in [0.5, 0.6) is 0 Å². The van der Waals surface area contributed by atoms with Gasteiger partial charge in [-0.05, 0) is 53.6 Å². The van der Waals surface area contributed by atoms with Crippen molar-refractivity contribution in [2.75, 3.05) is 25.9 Å². The molecule has 1 unspecified atom stereocenters. The Balaban J connectivity index is 1.72. The van der Waals surface area contributed by atoms with E-state index in [1.54, 1.807) is 0 Å². The number of carbonyl (C=O) groups is 1. The van der Waals surface area contributed by atoms with Crippen molar-refractivity contribution >= 4 is 31.2 Å².